The summed E-state index contributed by atoms with van der Waals surface area (Å²) in [5.41, 5.74) is 1.61. The summed E-state index contributed by atoms with van der Waals surface area (Å²) in [6.07, 6.45) is 9.87. The van der Waals surface area contributed by atoms with E-state index in [4.69, 9.17) is 9.47 Å². The van der Waals surface area contributed by atoms with Crippen molar-refractivity contribution in [3.63, 3.8) is 0 Å². The Labute approximate surface area is 272 Å². The Bertz CT molecular complexity index is 885. The van der Waals surface area contributed by atoms with Gasteiger partial charge in [0, 0.05) is 12.4 Å². The average molecular weight is 489 g/mol. The molecule has 2 aromatic heterocycles. The molecular weight excluding hydrogens is 462 g/mol. The second-order valence-electron chi connectivity index (χ2n) is 7.99. The molecule has 0 radical (unpaired) electrons. The van der Waals surface area contributed by atoms with Crippen LogP contribution in [-0.4, -0.2) is 131 Å². The first-order valence-corrected chi connectivity index (χ1v) is 10.5. The second kappa shape index (κ2) is 13.9. The second-order valence-corrected chi connectivity index (χ2v) is 7.99. The fourth-order valence-electron chi connectivity index (χ4n) is 3.42. The van der Waals surface area contributed by atoms with Crippen LogP contribution in [0.5, 0.6) is 0 Å². The van der Waals surface area contributed by atoms with Crippen LogP contribution >= 0.6 is 0 Å². The molecule has 0 aliphatic heterocycles. The van der Waals surface area contributed by atoms with E-state index >= 15 is 0 Å². The molecule has 2 saturated carbocycles. The minimum absolute atomic E-state index is 0. The zero-order valence-corrected chi connectivity index (χ0v) is 16.7. The summed E-state index contributed by atoms with van der Waals surface area (Å²) >= 11 is 0. The molecule has 0 saturated heterocycles. The number of carbonyl (C=O) groups is 3. The predicted molar refractivity (Wildman–Crippen MR) is 121 cm³/mol. The van der Waals surface area contributed by atoms with Gasteiger partial charge in [0.2, 0.25) is 0 Å². The average Bonchev–Trinajstić information content (AvgIpc) is 3.66. The van der Waals surface area contributed by atoms with Gasteiger partial charge in [0.25, 0.3) is 0 Å². The zero-order valence-electron chi connectivity index (χ0n) is 16.7. The molecule has 0 spiro atoms. The molecular formula is C23H26K2N2O5. The molecule has 0 atom stereocenters. The van der Waals surface area contributed by atoms with E-state index < -0.39 is 18.1 Å². The molecule has 9 heteroatoms. The van der Waals surface area contributed by atoms with Crippen molar-refractivity contribution in [2.45, 2.75) is 51.4 Å². The van der Waals surface area contributed by atoms with Gasteiger partial charge >= 0.3 is 121 Å². The Morgan fingerprint density at radius 3 is 1.53 bits per heavy atom. The van der Waals surface area contributed by atoms with E-state index in [2.05, 4.69) is 9.97 Å². The van der Waals surface area contributed by atoms with Gasteiger partial charge in [0.15, 0.2) is 0 Å². The number of esters is 2. The first-order valence-electron chi connectivity index (χ1n) is 10.5. The van der Waals surface area contributed by atoms with E-state index in [0.29, 0.717) is 36.1 Å². The van der Waals surface area contributed by atoms with Crippen LogP contribution in [0.4, 0.5) is 4.79 Å². The maximum absolute atomic E-state index is 12.4. The molecule has 2 aliphatic carbocycles. The zero-order chi connectivity index (χ0) is 20.9. The van der Waals surface area contributed by atoms with Crippen LogP contribution in [-0.2, 0) is 22.3 Å². The van der Waals surface area contributed by atoms with Gasteiger partial charge in [-0.3, -0.25) is 9.97 Å². The SMILES string of the molecule is O=C(OC(=O)c1cccnc1CCC1CC1)OC(=O)c1cccnc1CCC1CC1.[KH].[KH]. The van der Waals surface area contributed by atoms with Crippen molar-refractivity contribution in [2.24, 2.45) is 11.8 Å². The van der Waals surface area contributed by atoms with Crippen molar-refractivity contribution >= 4 is 121 Å². The van der Waals surface area contributed by atoms with Crippen molar-refractivity contribution in [1.29, 1.82) is 0 Å². The van der Waals surface area contributed by atoms with Gasteiger partial charge in [-0.2, -0.15) is 0 Å². The third-order valence-corrected chi connectivity index (χ3v) is 5.54. The molecule has 4 rings (SSSR count). The number of nitrogens with zero attached hydrogens (tertiary/aromatic N) is 2. The number of aryl methyl sites for hydroxylation is 2. The Hall–Kier alpha value is 0.183. The first kappa shape index (κ1) is 28.4. The van der Waals surface area contributed by atoms with Gasteiger partial charge < -0.3 is 9.47 Å². The number of ether oxygens (including phenoxy) is 2. The van der Waals surface area contributed by atoms with E-state index in [1.54, 1.807) is 36.7 Å². The van der Waals surface area contributed by atoms with Crippen molar-refractivity contribution in [2.75, 3.05) is 0 Å². The molecule has 0 unspecified atom stereocenters. The monoisotopic (exact) mass is 488 g/mol. The Balaban J connectivity index is 0.00000181. The van der Waals surface area contributed by atoms with Crippen LogP contribution in [0.2, 0.25) is 0 Å². The molecule has 0 amide bonds. The summed E-state index contributed by atoms with van der Waals surface area (Å²) in [6, 6.07) is 6.33. The van der Waals surface area contributed by atoms with Gasteiger partial charge in [0.1, 0.15) is 0 Å². The van der Waals surface area contributed by atoms with E-state index in [-0.39, 0.29) is 114 Å². The van der Waals surface area contributed by atoms with E-state index in [9.17, 15) is 14.4 Å². The number of hydrogen-bond acceptors (Lipinski definition) is 7. The normalized spacial score (nSPS) is 14.5. The van der Waals surface area contributed by atoms with Crippen LogP contribution in [0.15, 0.2) is 36.7 Å². The Morgan fingerprint density at radius 1 is 0.750 bits per heavy atom. The van der Waals surface area contributed by atoms with E-state index in [1.165, 1.54) is 25.7 Å². The molecule has 2 heterocycles. The molecule has 160 valence electrons. The summed E-state index contributed by atoms with van der Waals surface area (Å²) in [7, 11) is 0. The van der Waals surface area contributed by atoms with Crippen molar-refractivity contribution in [3.8, 4) is 0 Å². The van der Waals surface area contributed by atoms with Crippen molar-refractivity contribution in [1.82, 2.24) is 9.97 Å². The molecule has 2 aliphatic rings. The Morgan fingerprint density at radius 2 is 1.16 bits per heavy atom. The summed E-state index contributed by atoms with van der Waals surface area (Å²) in [4.78, 5) is 45.4. The fourth-order valence-corrected chi connectivity index (χ4v) is 3.42. The Kier molecular flexibility index (Phi) is 12.4. The topological polar surface area (TPSA) is 95.5 Å². The van der Waals surface area contributed by atoms with E-state index in [0.717, 1.165) is 12.8 Å². The van der Waals surface area contributed by atoms with E-state index in [1.807, 2.05) is 0 Å². The summed E-state index contributed by atoms with van der Waals surface area (Å²) in [5.74, 6) is -0.363. The predicted octanol–water partition coefficient (Wildman–Crippen LogP) is 3.00. The summed E-state index contributed by atoms with van der Waals surface area (Å²) < 4.78 is 9.52. The molecule has 32 heavy (non-hydrogen) atoms. The van der Waals surface area contributed by atoms with Gasteiger partial charge in [-0.15, -0.1) is 0 Å². The van der Waals surface area contributed by atoms with Crippen LogP contribution in [0.1, 0.15) is 70.6 Å². The standard InChI is InChI=1S/C23H24N2O5.2K.2H/c26-21(17-3-1-13-24-19(17)11-9-15-5-6-15)29-23(28)30-22(27)18-4-2-14-25-20(18)12-10-16-7-8-16;;;;/h1-4,13-16H,5-12H2;;;;. The number of pyridine rings is 2. The van der Waals surface area contributed by atoms with Crippen LogP contribution in [0.25, 0.3) is 0 Å². The summed E-state index contributed by atoms with van der Waals surface area (Å²) in [6.45, 7) is 0. The van der Waals surface area contributed by atoms with Crippen LogP contribution in [0, 0.1) is 11.8 Å². The third-order valence-electron chi connectivity index (χ3n) is 5.54. The van der Waals surface area contributed by atoms with Gasteiger partial charge in [-0.25, -0.2) is 14.4 Å². The number of hydrogen-bond donors (Lipinski definition) is 0. The van der Waals surface area contributed by atoms with Gasteiger partial charge in [-0.1, -0.05) is 25.7 Å². The van der Waals surface area contributed by atoms with Gasteiger partial charge in [-0.05, 0) is 61.8 Å². The molecule has 0 aromatic carbocycles. The third kappa shape index (κ3) is 8.76. The molecule has 7 nitrogen and oxygen atoms in total. The first-order chi connectivity index (χ1) is 14.6. The molecule has 0 bridgehead atoms. The molecule has 2 aromatic rings. The summed E-state index contributed by atoms with van der Waals surface area (Å²) in [5, 5.41) is 0. The maximum atomic E-state index is 12.4. The van der Waals surface area contributed by atoms with Crippen molar-refractivity contribution < 1.29 is 23.9 Å². The number of carbonyl (C=O) groups excluding carboxylic acids is 3. The number of aromatic nitrogens is 2. The minimum atomic E-state index is -1.35. The fraction of sp³-hybridized carbons (Fsp3) is 0.435. The molecule has 2 fully saturated rings. The van der Waals surface area contributed by atoms with Crippen molar-refractivity contribution in [3.05, 3.63) is 59.2 Å². The van der Waals surface area contributed by atoms with Gasteiger partial charge in [0.05, 0.1) is 22.5 Å². The molecule has 0 N–H and O–H groups in total. The number of rotatable bonds is 8. The van der Waals surface area contributed by atoms with Crippen LogP contribution in [0.3, 0.4) is 0 Å². The quantitative estimate of drug-likeness (QED) is 0.320. The van der Waals surface area contributed by atoms with Crippen LogP contribution < -0.4 is 0 Å².